The highest BCUT2D eigenvalue weighted by atomic mass is 19.1. The highest BCUT2D eigenvalue weighted by molar-refractivity contribution is 5.52. The van der Waals surface area contributed by atoms with Crippen molar-refractivity contribution in [1.29, 1.82) is 0 Å². The third-order valence-electron chi connectivity index (χ3n) is 2.55. The van der Waals surface area contributed by atoms with Gasteiger partial charge in [-0.2, -0.15) is 0 Å². The zero-order valence-corrected chi connectivity index (χ0v) is 7.74. The van der Waals surface area contributed by atoms with Crippen LogP contribution in [0.3, 0.4) is 0 Å². The van der Waals surface area contributed by atoms with Crippen LogP contribution >= 0.6 is 0 Å². The Labute approximate surface area is 82.1 Å². The number of hydrogen-bond acceptors (Lipinski definition) is 2. The van der Waals surface area contributed by atoms with Gasteiger partial charge in [-0.1, -0.05) is 12.1 Å². The monoisotopic (exact) mass is 193 g/mol. The van der Waals surface area contributed by atoms with Crippen LogP contribution in [0.15, 0.2) is 24.3 Å². The molecular formula is C11H12FNO. The number of carbonyl (C=O) groups is 1. The Bertz CT molecular complexity index is 323. The third kappa shape index (κ3) is 1.99. The van der Waals surface area contributed by atoms with Gasteiger partial charge >= 0.3 is 0 Å². The summed E-state index contributed by atoms with van der Waals surface area (Å²) in [5.41, 5.74) is 1.15. The van der Waals surface area contributed by atoms with Crippen molar-refractivity contribution in [2.75, 3.05) is 6.54 Å². The van der Waals surface area contributed by atoms with Gasteiger partial charge < -0.3 is 10.1 Å². The minimum atomic E-state index is -0.202. The molecule has 1 saturated carbocycles. The Kier molecular flexibility index (Phi) is 2.59. The minimum Gasteiger partial charge on any atom is -0.307 e. The van der Waals surface area contributed by atoms with E-state index in [9.17, 15) is 9.18 Å². The van der Waals surface area contributed by atoms with Crippen molar-refractivity contribution in [3.63, 3.8) is 0 Å². The topological polar surface area (TPSA) is 29.1 Å². The second kappa shape index (κ2) is 3.88. The summed E-state index contributed by atoms with van der Waals surface area (Å²) in [6.07, 6.45) is 1.90. The van der Waals surface area contributed by atoms with E-state index < -0.39 is 0 Å². The third-order valence-corrected chi connectivity index (χ3v) is 2.55. The van der Waals surface area contributed by atoms with Gasteiger partial charge in [0.15, 0.2) is 0 Å². The van der Waals surface area contributed by atoms with Crippen molar-refractivity contribution in [3.8, 4) is 0 Å². The van der Waals surface area contributed by atoms with E-state index in [1.807, 2.05) is 12.1 Å². The van der Waals surface area contributed by atoms with Gasteiger partial charge in [0.2, 0.25) is 0 Å². The van der Waals surface area contributed by atoms with Crippen LogP contribution in [-0.4, -0.2) is 18.9 Å². The lowest BCUT2D eigenvalue weighted by Crippen LogP contribution is -2.19. The van der Waals surface area contributed by atoms with E-state index in [-0.39, 0.29) is 5.82 Å². The number of hydrogen-bond donors (Lipinski definition) is 1. The van der Waals surface area contributed by atoms with E-state index in [1.165, 1.54) is 12.1 Å². The summed E-state index contributed by atoms with van der Waals surface area (Å²) in [5, 5.41) is 3.11. The van der Waals surface area contributed by atoms with Crippen LogP contribution in [0.1, 0.15) is 17.9 Å². The maximum Gasteiger partial charge on any atom is 0.133 e. The lowest BCUT2D eigenvalue weighted by molar-refractivity contribution is -0.107. The predicted molar refractivity (Wildman–Crippen MR) is 51.6 cm³/mol. The normalized spacial score (nSPS) is 24.6. The predicted octanol–water partition coefficient (Wildman–Crippen LogP) is 1.47. The summed E-state index contributed by atoms with van der Waals surface area (Å²) in [6, 6.07) is 6.96. The zero-order chi connectivity index (χ0) is 9.97. The van der Waals surface area contributed by atoms with Crippen molar-refractivity contribution < 1.29 is 9.18 Å². The number of nitrogens with one attached hydrogen (secondary N) is 1. The van der Waals surface area contributed by atoms with Gasteiger partial charge in [0.05, 0.1) is 6.54 Å². The first-order chi connectivity index (χ1) is 6.81. The van der Waals surface area contributed by atoms with E-state index in [4.69, 9.17) is 0 Å². The first kappa shape index (κ1) is 9.34. The SMILES string of the molecule is O=CCNC1CC1c1ccc(F)cc1. The van der Waals surface area contributed by atoms with Gasteiger partial charge in [0.1, 0.15) is 12.1 Å². The van der Waals surface area contributed by atoms with Gasteiger partial charge in [-0.3, -0.25) is 0 Å². The molecule has 1 aliphatic rings. The Balaban J connectivity index is 1.92. The van der Waals surface area contributed by atoms with Gasteiger partial charge in [-0.05, 0) is 24.1 Å². The number of benzene rings is 1. The molecule has 2 nitrogen and oxygen atoms in total. The van der Waals surface area contributed by atoms with Crippen LogP contribution in [-0.2, 0) is 4.79 Å². The molecule has 2 atom stereocenters. The molecule has 1 aliphatic carbocycles. The summed E-state index contributed by atoms with van der Waals surface area (Å²) < 4.78 is 12.6. The lowest BCUT2D eigenvalue weighted by Gasteiger charge is -2.00. The summed E-state index contributed by atoms with van der Waals surface area (Å²) in [6.45, 7) is 0.405. The van der Waals surface area contributed by atoms with E-state index in [0.29, 0.717) is 18.5 Å². The summed E-state index contributed by atoms with van der Waals surface area (Å²) in [5.74, 6) is 0.252. The average molecular weight is 193 g/mol. The molecule has 2 unspecified atom stereocenters. The second-order valence-corrected chi connectivity index (χ2v) is 3.58. The molecule has 14 heavy (non-hydrogen) atoms. The first-order valence-corrected chi connectivity index (χ1v) is 4.74. The quantitative estimate of drug-likeness (QED) is 0.734. The van der Waals surface area contributed by atoms with Crippen molar-refractivity contribution >= 4 is 6.29 Å². The van der Waals surface area contributed by atoms with E-state index in [2.05, 4.69) is 5.32 Å². The van der Waals surface area contributed by atoms with E-state index in [1.54, 1.807) is 0 Å². The summed E-state index contributed by atoms with van der Waals surface area (Å²) in [7, 11) is 0. The molecule has 0 bridgehead atoms. The van der Waals surface area contributed by atoms with Crippen LogP contribution in [0.2, 0.25) is 0 Å². The van der Waals surface area contributed by atoms with Crippen LogP contribution in [0.4, 0.5) is 4.39 Å². The molecule has 2 rings (SSSR count). The van der Waals surface area contributed by atoms with Gasteiger partial charge in [0.25, 0.3) is 0 Å². The summed E-state index contributed by atoms with van der Waals surface area (Å²) in [4.78, 5) is 10.1. The van der Waals surface area contributed by atoms with E-state index in [0.717, 1.165) is 18.3 Å². The molecule has 1 fully saturated rings. The smallest absolute Gasteiger partial charge is 0.133 e. The molecule has 0 saturated heterocycles. The van der Waals surface area contributed by atoms with Crippen LogP contribution in [0.5, 0.6) is 0 Å². The van der Waals surface area contributed by atoms with Crippen LogP contribution in [0, 0.1) is 5.82 Å². The number of carbonyl (C=O) groups excluding carboxylic acids is 1. The Morgan fingerprint density at radius 1 is 1.43 bits per heavy atom. The molecule has 74 valence electrons. The minimum absolute atomic E-state index is 0.202. The highest BCUT2D eigenvalue weighted by Crippen LogP contribution is 2.40. The lowest BCUT2D eigenvalue weighted by atomic mass is 10.1. The van der Waals surface area contributed by atoms with Gasteiger partial charge in [0, 0.05) is 12.0 Å². The van der Waals surface area contributed by atoms with Gasteiger partial charge in [-0.25, -0.2) is 4.39 Å². The average Bonchev–Trinajstić information content (AvgIpc) is 2.95. The fourth-order valence-electron chi connectivity index (χ4n) is 1.70. The van der Waals surface area contributed by atoms with Crippen LogP contribution < -0.4 is 5.32 Å². The van der Waals surface area contributed by atoms with E-state index >= 15 is 0 Å². The van der Waals surface area contributed by atoms with Crippen molar-refractivity contribution in [1.82, 2.24) is 5.32 Å². The number of rotatable bonds is 4. The zero-order valence-electron chi connectivity index (χ0n) is 7.74. The van der Waals surface area contributed by atoms with Crippen molar-refractivity contribution in [2.45, 2.75) is 18.4 Å². The first-order valence-electron chi connectivity index (χ1n) is 4.74. The molecule has 3 heteroatoms. The van der Waals surface area contributed by atoms with Crippen LogP contribution in [0.25, 0.3) is 0 Å². The highest BCUT2D eigenvalue weighted by Gasteiger charge is 2.37. The fourth-order valence-corrected chi connectivity index (χ4v) is 1.70. The molecule has 0 radical (unpaired) electrons. The Morgan fingerprint density at radius 3 is 2.79 bits per heavy atom. The number of halogens is 1. The van der Waals surface area contributed by atoms with Crippen molar-refractivity contribution in [3.05, 3.63) is 35.6 Å². The molecule has 0 spiro atoms. The Morgan fingerprint density at radius 2 is 2.14 bits per heavy atom. The molecule has 0 aliphatic heterocycles. The molecule has 1 N–H and O–H groups in total. The number of aldehydes is 1. The molecule has 1 aromatic rings. The maximum atomic E-state index is 12.6. The molecular weight excluding hydrogens is 181 g/mol. The largest absolute Gasteiger partial charge is 0.307 e. The maximum absolute atomic E-state index is 12.6. The molecule has 0 aromatic heterocycles. The Hall–Kier alpha value is -1.22. The van der Waals surface area contributed by atoms with Gasteiger partial charge in [-0.15, -0.1) is 0 Å². The standard InChI is InChI=1S/C11H12FNO/c12-9-3-1-8(2-4-9)10-7-11(10)13-5-6-14/h1-4,6,10-11,13H,5,7H2. The fraction of sp³-hybridized carbons (Fsp3) is 0.364. The molecule has 1 aromatic carbocycles. The molecule has 0 amide bonds. The second-order valence-electron chi connectivity index (χ2n) is 3.58. The van der Waals surface area contributed by atoms with Crippen molar-refractivity contribution in [2.24, 2.45) is 0 Å². The molecule has 0 heterocycles. The summed E-state index contributed by atoms with van der Waals surface area (Å²) >= 11 is 0.